The molecule has 9 heavy (non-hydrogen) atoms. The van der Waals surface area contributed by atoms with E-state index < -0.39 is 6.29 Å². The first kappa shape index (κ1) is 6.99. The van der Waals surface area contributed by atoms with Gasteiger partial charge in [0.25, 0.3) is 0 Å². The SMILES string of the molecule is CNC1CC(C(O)O)C1. The van der Waals surface area contributed by atoms with E-state index in [0.717, 1.165) is 12.8 Å². The van der Waals surface area contributed by atoms with E-state index in [4.69, 9.17) is 10.2 Å². The van der Waals surface area contributed by atoms with Crippen LogP contribution >= 0.6 is 0 Å². The molecule has 3 heteroatoms. The molecule has 0 bridgehead atoms. The molecule has 0 atom stereocenters. The zero-order valence-corrected chi connectivity index (χ0v) is 5.54. The summed E-state index contributed by atoms with van der Waals surface area (Å²) >= 11 is 0. The second kappa shape index (κ2) is 2.64. The van der Waals surface area contributed by atoms with Crippen molar-refractivity contribution < 1.29 is 10.2 Å². The highest BCUT2D eigenvalue weighted by molar-refractivity contribution is 4.84. The molecule has 0 aliphatic heterocycles. The lowest BCUT2D eigenvalue weighted by atomic mass is 9.80. The first-order valence-corrected chi connectivity index (χ1v) is 3.27. The van der Waals surface area contributed by atoms with Crippen LogP contribution in [0.5, 0.6) is 0 Å². The largest absolute Gasteiger partial charge is 0.368 e. The third kappa shape index (κ3) is 1.41. The summed E-state index contributed by atoms with van der Waals surface area (Å²) in [5, 5.41) is 20.3. The highest BCUT2D eigenvalue weighted by Gasteiger charge is 2.31. The van der Waals surface area contributed by atoms with Crippen molar-refractivity contribution in [3.63, 3.8) is 0 Å². The smallest absolute Gasteiger partial charge is 0.154 e. The molecule has 1 saturated carbocycles. The van der Waals surface area contributed by atoms with Crippen molar-refractivity contribution in [2.45, 2.75) is 25.2 Å². The second-order valence-corrected chi connectivity index (χ2v) is 2.63. The molecule has 3 nitrogen and oxygen atoms in total. The number of rotatable bonds is 2. The van der Waals surface area contributed by atoms with E-state index in [1.54, 1.807) is 0 Å². The molecule has 3 N–H and O–H groups in total. The molecular formula is C6H13NO2. The molecule has 0 saturated heterocycles. The average molecular weight is 131 g/mol. The number of nitrogens with one attached hydrogen (secondary N) is 1. The van der Waals surface area contributed by atoms with Crippen LogP contribution in [0.15, 0.2) is 0 Å². The third-order valence-corrected chi connectivity index (χ3v) is 2.00. The molecule has 1 aliphatic carbocycles. The highest BCUT2D eigenvalue weighted by atomic mass is 16.5. The molecule has 0 aromatic rings. The Bertz CT molecular complexity index is 89.1. The van der Waals surface area contributed by atoms with Crippen molar-refractivity contribution in [1.29, 1.82) is 0 Å². The maximum Gasteiger partial charge on any atom is 0.154 e. The summed E-state index contributed by atoms with van der Waals surface area (Å²) in [5.41, 5.74) is 0. The molecular weight excluding hydrogens is 118 g/mol. The van der Waals surface area contributed by atoms with Crippen LogP contribution in [0.1, 0.15) is 12.8 Å². The molecule has 1 rings (SSSR count). The fraction of sp³-hybridized carbons (Fsp3) is 1.00. The Morgan fingerprint density at radius 2 is 2.00 bits per heavy atom. The molecule has 0 unspecified atom stereocenters. The number of hydrogen-bond donors (Lipinski definition) is 3. The van der Waals surface area contributed by atoms with Gasteiger partial charge in [-0.15, -0.1) is 0 Å². The van der Waals surface area contributed by atoms with Crippen LogP contribution in [-0.4, -0.2) is 29.6 Å². The van der Waals surface area contributed by atoms with Crippen molar-refractivity contribution in [2.24, 2.45) is 5.92 Å². The summed E-state index contributed by atoms with van der Waals surface area (Å²) < 4.78 is 0. The second-order valence-electron chi connectivity index (χ2n) is 2.63. The molecule has 0 amide bonds. The number of aliphatic hydroxyl groups is 2. The normalized spacial score (nSPS) is 34.7. The number of aliphatic hydroxyl groups excluding tert-OH is 1. The molecule has 54 valence electrons. The van der Waals surface area contributed by atoms with E-state index in [1.165, 1.54) is 0 Å². The number of hydrogen-bond acceptors (Lipinski definition) is 3. The molecule has 0 heterocycles. The minimum atomic E-state index is -1.10. The Labute approximate surface area is 54.7 Å². The maximum atomic E-state index is 8.61. The zero-order valence-electron chi connectivity index (χ0n) is 5.54. The predicted octanol–water partition coefficient (Wildman–Crippen LogP) is -0.705. The van der Waals surface area contributed by atoms with E-state index in [-0.39, 0.29) is 5.92 Å². The monoisotopic (exact) mass is 131 g/mol. The van der Waals surface area contributed by atoms with Crippen molar-refractivity contribution in [2.75, 3.05) is 7.05 Å². The Balaban J connectivity index is 2.12. The summed E-state index contributed by atoms with van der Waals surface area (Å²) in [6, 6.07) is 0.511. The van der Waals surface area contributed by atoms with E-state index in [1.807, 2.05) is 7.05 Å². The van der Waals surface area contributed by atoms with Gasteiger partial charge in [-0.3, -0.25) is 0 Å². The van der Waals surface area contributed by atoms with Crippen molar-refractivity contribution >= 4 is 0 Å². The van der Waals surface area contributed by atoms with Gasteiger partial charge in [-0.2, -0.15) is 0 Å². The lowest BCUT2D eigenvalue weighted by molar-refractivity contribution is -0.112. The molecule has 0 aromatic carbocycles. The predicted molar refractivity (Wildman–Crippen MR) is 33.8 cm³/mol. The zero-order chi connectivity index (χ0) is 6.85. The summed E-state index contributed by atoms with van der Waals surface area (Å²) in [4.78, 5) is 0. The van der Waals surface area contributed by atoms with Crippen LogP contribution in [0.3, 0.4) is 0 Å². The summed E-state index contributed by atoms with van der Waals surface area (Å²) in [6.45, 7) is 0. The molecule has 0 aromatic heterocycles. The van der Waals surface area contributed by atoms with Crippen LogP contribution in [0.2, 0.25) is 0 Å². The van der Waals surface area contributed by atoms with Gasteiger partial charge in [0.2, 0.25) is 0 Å². The van der Waals surface area contributed by atoms with Crippen molar-refractivity contribution in [3.05, 3.63) is 0 Å². The van der Waals surface area contributed by atoms with E-state index in [0.29, 0.717) is 6.04 Å². The molecule has 0 radical (unpaired) electrons. The van der Waals surface area contributed by atoms with Crippen LogP contribution < -0.4 is 5.32 Å². The van der Waals surface area contributed by atoms with Gasteiger partial charge in [0, 0.05) is 12.0 Å². The first-order valence-electron chi connectivity index (χ1n) is 3.27. The van der Waals surface area contributed by atoms with Gasteiger partial charge in [-0.05, 0) is 19.9 Å². The fourth-order valence-electron chi connectivity index (χ4n) is 1.14. The lowest BCUT2D eigenvalue weighted by Gasteiger charge is -2.35. The standard InChI is InChI=1S/C6H13NO2/c1-7-5-2-4(3-5)6(8)9/h4-9H,2-3H2,1H3. The van der Waals surface area contributed by atoms with Gasteiger partial charge in [-0.1, -0.05) is 0 Å². The van der Waals surface area contributed by atoms with Crippen LogP contribution in [-0.2, 0) is 0 Å². The molecule has 1 aliphatic rings. The van der Waals surface area contributed by atoms with Crippen LogP contribution in [0.25, 0.3) is 0 Å². The minimum Gasteiger partial charge on any atom is -0.368 e. The van der Waals surface area contributed by atoms with Gasteiger partial charge in [-0.25, -0.2) is 0 Å². The third-order valence-electron chi connectivity index (χ3n) is 2.00. The Morgan fingerprint density at radius 1 is 1.44 bits per heavy atom. The summed E-state index contributed by atoms with van der Waals surface area (Å²) in [6.07, 6.45) is 0.692. The van der Waals surface area contributed by atoms with E-state index in [9.17, 15) is 0 Å². The lowest BCUT2D eigenvalue weighted by Crippen LogP contribution is -2.43. The molecule has 0 spiro atoms. The van der Waals surface area contributed by atoms with Gasteiger partial charge in [0.1, 0.15) is 0 Å². The van der Waals surface area contributed by atoms with Gasteiger partial charge < -0.3 is 15.5 Å². The van der Waals surface area contributed by atoms with Crippen LogP contribution in [0, 0.1) is 5.92 Å². The Hall–Kier alpha value is -0.120. The van der Waals surface area contributed by atoms with Gasteiger partial charge in [0.05, 0.1) is 0 Å². The Morgan fingerprint density at radius 3 is 2.33 bits per heavy atom. The summed E-state index contributed by atoms with van der Waals surface area (Å²) in [5.74, 6) is 0.113. The van der Waals surface area contributed by atoms with Crippen molar-refractivity contribution in [3.8, 4) is 0 Å². The van der Waals surface area contributed by atoms with Crippen LogP contribution in [0.4, 0.5) is 0 Å². The highest BCUT2D eigenvalue weighted by Crippen LogP contribution is 2.28. The maximum absolute atomic E-state index is 8.61. The van der Waals surface area contributed by atoms with Gasteiger partial charge in [0.15, 0.2) is 6.29 Å². The Kier molecular flexibility index (Phi) is 2.05. The van der Waals surface area contributed by atoms with Crippen molar-refractivity contribution in [1.82, 2.24) is 5.32 Å². The average Bonchev–Trinajstić information content (AvgIpc) is 1.61. The quantitative estimate of drug-likeness (QED) is 0.434. The topological polar surface area (TPSA) is 52.5 Å². The summed E-state index contributed by atoms with van der Waals surface area (Å²) in [7, 11) is 1.89. The fourth-order valence-corrected chi connectivity index (χ4v) is 1.14. The van der Waals surface area contributed by atoms with E-state index in [2.05, 4.69) is 5.32 Å². The van der Waals surface area contributed by atoms with Gasteiger partial charge >= 0.3 is 0 Å². The first-order chi connectivity index (χ1) is 4.24. The molecule has 1 fully saturated rings. The van der Waals surface area contributed by atoms with E-state index >= 15 is 0 Å². The minimum absolute atomic E-state index is 0.113.